The van der Waals surface area contributed by atoms with Gasteiger partial charge in [0.1, 0.15) is 16.0 Å². The van der Waals surface area contributed by atoms with Crippen molar-refractivity contribution in [1.29, 1.82) is 0 Å². The van der Waals surface area contributed by atoms with Gasteiger partial charge in [0.25, 0.3) is 5.91 Å². The zero-order valence-electron chi connectivity index (χ0n) is 9.08. The van der Waals surface area contributed by atoms with Gasteiger partial charge >= 0.3 is 5.97 Å². The van der Waals surface area contributed by atoms with E-state index in [4.69, 9.17) is 4.74 Å². The van der Waals surface area contributed by atoms with Gasteiger partial charge in [0.15, 0.2) is 3.23 Å². The molecule has 1 amide bonds. The highest BCUT2D eigenvalue weighted by molar-refractivity contribution is 14.1. The normalized spacial score (nSPS) is 33.0. The first-order chi connectivity index (χ1) is 7.73. The molecule has 0 aromatic heterocycles. The molecular formula is C9H10Br2INO3S. The van der Waals surface area contributed by atoms with E-state index in [1.807, 2.05) is 36.4 Å². The summed E-state index contributed by atoms with van der Waals surface area (Å²) in [4.78, 5) is 25.5. The maximum absolute atomic E-state index is 12.0. The first-order valence-electron chi connectivity index (χ1n) is 4.84. The van der Waals surface area contributed by atoms with Crippen LogP contribution in [0.4, 0.5) is 0 Å². The third-order valence-corrected chi connectivity index (χ3v) is 6.95. The molecule has 8 heteroatoms. The van der Waals surface area contributed by atoms with Gasteiger partial charge in [-0.25, -0.2) is 4.79 Å². The first kappa shape index (κ1) is 14.4. The molecule has 0 N–H and O–H groups in total. The second-order valence-corrected chi connectivity index (χ2v) is 10.3. The number of ether oxygens (including phenoxy) is 1. The van der Waals surface area contributed by atoms with Crippen molar-refractivity contribution in [2.75, 3.05) is 4.61 Å². The Kier molecular flexibility index (Phi) is 3.82. The Morgan fingerprint density at radius 1 is 1.59 bits per heavy atom. The molecule has 0 radical (unpaired) electrons. The monoisotopic (exact) mass is 497 g/mol. The Bertz CT molecular complexity index is 390. The predicted molar refractivity (Wildman–Crippen MR) is 81.7 cm³/mol. The minimum atomic E-state index is -0.735. The first-order valence-corrected chi connectivity index (χ1v) is 8.83. The molecule has 96 valence electrons. The molecule has 2 heterocycles. The van der Waals surface area contributed by atoms with Crippen molar-refractivity contribution >= 4 is 78.1 Å². The average Bonchev–Trinajstić information content (AvgIpc) is 2.48. The summed E-state index contributed by atoms with van der Waals surface area (Å²) in [7, 11) is 0. The third-order valence-electron chi connectivity index (χ3n) is 2.85. The molecule has 0 bridgehead atoms. The van der Waals surface area contributed by atoms with Gasteiger partial charge in [-0.15, -0.1) is 11.8 Å². The molecule has 2 rings (SSSR count). The van der Waals surface area contributed by atoms with E-state index < -0.39 is 9.28 Å². The average molecular weight is 499 g/mol. The number of carbonyl (C=O) groups is 2. The van der Waals surface area contributed by atoms with Crippen LogP contribution in [-0.4, -0.2) is 40.8 Å². The number of β-lactam (4-membered cyclic amide) rings is 1. The van der Waals surface area contributed by atoms with Crippen LogP contribution in [0, 0.1) is 0 Å². The minimum Gasteiger partial charge on any atom is -0.453 e. The summed E-state index contributed by atoms with van der Waals surface area (Å²) < 4.78 is 4.26. The molecule has 0 spiro atoms. The van der Waals surface area contributed by atoms with Crippen molar-refractivity contribution in [3.8, 4) is 0 Å². The summed E-state index contributed by atoms with van der Waals surface area (Å²) in [5.41, 5.74) is 0. The number of fused-ring (bicyclic) bond motifs is 1. The van der Waals surface area contributed by atoms with Gasteiger partial charge in [-0.05, 0) is 36.4 Å². The molecule has 2 aliphatic rings. The fourth-order valence-electron chi connectivity index (χ4n) is 2.09. The van der Waals surface area contributed by atoms with Gasteiger partial charge in [0, 0.05) is 4.75 Å². The van der Waals surface area contributed by atoms with Gasteiger partial charge in [-0.3, -0.25) is 4.79 Å². The molecule has 2 fully saturated rings. The van der Waals surface area contributed by atoms with E-state index >= 15 is 0 Å². The van der Waals surface area contributed by atoms with Crippen LogP contribution in [0.1, 0.15) is 13.8 Å². The van der Waals surface area contributed by atoms with Crippen molar-refractivity contribution in [2.24, 2.45) is 0 Å². The van der Waals surface area contributed by atoms with Crippen molar-refractivity contribution in [3.05, 3.63) is 0 Å². The van der Waals surface area contributed by atoms with Gasteiger partial charge in [-0.2, -0.15) is 0 Å². The summed E-state index contributed by atoms with van der Waals surface area (Å²) in [6, 6.07) is -0.511. The van der Waals surface area contributed by atoms with Crippen LogP contribution >= 0.6 is 66.2 Å². The predicted octanol–water partition coefficient (Wildman–Crippen LogP) is 2.47. The van der Waals surface area contributed by atoms with Crippen LogP contribution in [0.3, 0.4) is 0 Å². The standard InChI is InChI=1S/C9H10Br2INO3S/c1-8(2)4(5(14)16-3-12)13-6(15)9(10,11)7(13)17-8/h4,7H,3H2,1-2H3/t4-,7+/m0/s1. The lowest BCUT2D eigenvalue weighted by Gasteiger charge is -2.46. The van der Waals surface area contributed by atoms with E-state index in [9.17, 15) is 9.59 Å². The van der Waals surface area contributed by atoms with Crippen molar-refractivity contribution < 1.29 is 14.3 Å². The number of thioether (sulfide) groups is 1. The highest BCUT2D eigenvalue weighted by Gasteiger charge is 2.70. The second kappa shape index (κ2) is 4.52. The summed E-state index contributed by atoms with van der Waals surface area (Å²) in [5.74, 6) is -0.445. The molecule has 2 saturated heterocycles. The number of rotatable bonds is 2. The third kappa shape index (κ3) is 2.06. The molecule has 4 nitrogen and oxygen atoms in total. The molecular weight excluding hydrogens is 489 g/mol. The number of carbonyl (C=O) groups excluding carboxylic acids is 2. The van der Waals surface area contributed by atoms with Gasteiger partial charge < -0.3 is 9.64 Å². The van der Waals surface area contributed by atoms with Crippen LogP contribution in [0.15, 0.2) is 0 Å². The molecule has 0 saturated carbocycles. The Morgan fingerprint density at radius 3 is 2.71 bits per heavy atom. The van der Waals surface area contributed by atoms with Crippen molar-refractivity contribution in [2.45, 2.75) is 33.2 Å². The maximum atomic E-state index is 12.0. The lowest BCUT2D eigenvalue weighted by Crippen LogP contribution is -2.68. The number of esters is 1. The fraction of sp³-hybridized carbons (Fsp3) is 0.778. The van der Waals surface area contributed by atoms with E-state index in [0.717, 1.165) is 0 Å². The number of nitrogens with zero attached hydrogens (tertiary/aromatic N) is 1. The summed E-state index contributed by atoms with van der Waals surface area (Å²) in [6.45, 7) is 3.91. The summed E-state index contributed by atoms with van der Waals surface area (Å²) in [6.07, 6.45) is 0. The molecule has 0 unspecified atom stereocenters. The van der Waals surface area contributed by atoms with Crippen molar-refractivity contribution in [1.82, 2.24) is 4.90 Å². The Morgan fingerprint density at radius 2 is 2.18 bits per heavy atom. The quantitative estimate of drug-likeness (QED) is 0.254. The molecule has 2 atom stereocenters. The van der Waals surface area contributed by atoms with Crippen LogP contribution in [0.5, 0.6) is 0 Å². The molecule has 0 aromatic carbocycles. The summed E-state index contributed by atoms with van der Waals surface area (Å²) >= 11 is 10.3. The highest BCUT2D eigenvalue weighted by Crippen LogP contribution is 2.60. The number of hydrogen-bond acceptors (Lipinski definition) is 4. The van der Waals surface area contributed by atoms with Crippen LogP contribution in [-0.2, 0) is 14.3 Å². The van der Waals surface area contributed by atoms with E-state index in [0.29, 0.717) is 4.61 Å². The largest absolute Gasteiger partial charge is 0.453 e. The maximum Gasteiger partial charge on any atom is 0.331 e. The van der Waals surface area contributed by atoms with E-state index in [2.05, 4.69) is 31.9 Å². The van der Waals surface area contributed by atoms with Crippen molar-refractivity contribution in [3.63, 3.8) is 0 Å². The lowest BCUT2D eigenvalue weighted by atomic mass is 9.98. The highest BCUT2D eigenvalue weighted by atomic mass is 127. The van der Waals surface area contributed by atoms with E-state index in [-0.39, 0.29) is 22.0 Å². The lowest BCUT2D eigenvalue weighted by molar-refractivity contribution is -0.159. The zero-order chi connectivity index (χ0) is 13.0. The Labute approximate surface area is 134 Å². The zero-order valence-corrected chi connectivity index (χ0v) is 15.2. The molecule has 2 aliphatic heterocycles. The minimum absolute atomic E-state index is 0.0724. The van der Waals surface area contributed by atoms with Crippen LogP contribution in [0.25, 0.3) is 0 Å². The van der Waals surface area contributed by atoms with E-state index in [1.165, 1.54) is 0 Å². The topological polar surface area (TPSA) is 46.6 Å². The smallest absolute Gasteiger partial charge is 0.331 e. The molecule has 0 aromatic rings. The molecule has 17 heavy (non-hydrogen) atoms. The summed E-state index contributed by atoms with van der Waals surface area (Å²) in [5, 5.41) is -0.0724. The van der Waals surface area contributed by atoms with Gasteiger partial charge in [0.2, 0.25) is 0 Å². The number of hydrogen-bond donors (Lipinski definition) is 0. The Balaban J connectivity index is 2.28. The number of halogens is 3. The van der Waals surface area contributed by atoms with Crippen LogP contribution in [0.2, 0.25) is 0 Å². The van der Waals surface area contributed by atoms with Crippen LogP contribution < -0.4 is 0 Å². The van der Waals surface area contributed by atoms with Gasteiger partial charge in [-0.1, -0.05) is 31.9 Å². The second-order valence-electron chi connectivity index (χ2n) is 4.38. The van der Waals surface area contributed by atoms with E-state index in [1.54, 1.807) is 16.7 Å². The Hall–Kier alpha value is 0.980. The SMILES string of the molecule is CC1(C)S[C@H]2N(C(=O)C2(Br)Br)[C@H]1C(=O)OCI. The number of alkyl halides is 3. The molecule has 0 aliphatic carbocycles. The van der Waals surface area contributed by atoms with Gasteiger partial charge in [0.05, 0.1) is 0 Å². The fourth-order valence-corrected chi connectivity index (χ4v) is 5.31. The number of amides is 1.